The molecule has 1 aliphatic heterocycles. The highest BCUT2D eigenvalue weighted by atomic mass is 16.5. The zero-order valence-electron chi connectivity index (χ0n) is 82.5. The van der Waals surface area contributed by atoms with Crippen LogP contribution < -0.4 is 33.3 Å². The lowest BCUT2D eigenvalue weighted by molar-refractivity contribution is 0.0780. The van der Waals surface area contributed by atoms with Crippen molar-refractivity contribution in [1.29, 1.82) is 0 Å². The van der Waals surface area contributed by atoms with Crippen LogP contribution in [-0.4, -0.2) is 128 Å². The molecule has 7 heterocycles. The predicted molar refractivity (Wildman–Crippen MR) is 574 cm³/mol. The minimum atomic E-state index is -0.842. The second-order valence-electron chi connectivity index (χ2n) is 37.3. The van der Waals surface area contributed by atoms with E-state index in [1.165, 1.54) is 33.3 Å². The number of nitrogens with zero attached hydrogens (tertiary/aromatic N) is 11. The fourth-order valence-electron chi connectivity index (χ4n) is 17.5. The van der Waals surface area contributed by atoms with Crippen molar-refractivity contribution >= 4 is 71.8 Å². The number of aromatic nitrogens is 11. The summed E-state index contributed by atoms with van der Waals surface area (Å²) in [6, 6.07) is 114. The number of ether oxygens (including phenoxy) is 7. The molecule has 0 aliphatic carbocycles. The van der Waals surface area contributed by atoms with Crippen LogP contribution in [0.3, 0.4) is 0 Å². The molecule has 142 heavy (non-hydrogen) atoms. The standard InChI is InChI=1S/C26H27N3O2.C25H26N2O2.C24H21N3O.2C23H22N2O2/c1-19(2)31-24-10-8-23(9-11-24)29-18-27-25-12-5-21(17-26(25)29)20-3-6-22(7-4-20)28-13-15-30-16-14-28;1-17(2)28-22-10-5-19(6-11-22)20-7-14-24-25(15-20)27(16-26-24)21-8-12-23(13-9-21)29-18(3)4;1-16(2)28-21-7-5-20(6-8-21)27-15-26-23-10-4-18(14-24(23)27)17-3-9-22-19(13-17)11-12-25-22;1-23(2,26)18-10-7-16(8-11-18)17-9-12-21-22(13-17)25(15-24-21)19-5-4-6-20(14-19)27-3;1-23(2,26)18-11-8-16(9-12-18)17-10-13-19-21(14-17)25(15-24-19)20-6-4-5-7-22(20)27-3/h3-12,17-19H,13-16H2,1-2H3;5-18H,1-4H3;3-16,25H,1-2H3;2*4-15,26H,1-3H3. The van der Waals surface area contributed by atoms with Crippen LogP contribution in [0.5, 0.6) is 34.5 Å². The summed E-state index contributed by atoms with van der Waals surface area (Å²) in [5.74, 6) is 5.13. The summed E-state index contributed by atoms with van der Waals surface area (Å²) in [5, 5.41) is 21.5. The third-order valence-electron chi connectivity index (χ3n) is 24.7. The van der Waals surface area contributed by atoms with Crippen molar-refractivity contribution in [2.45, 2.75) is 119 Å². The van der Waals surface area contributed by atoms with Crippen LogP contribution in [0.2, 0.25) is 0 Å². The molecule has 0 saturated carbocycles. The summed E-state index contributed by atoms with van der Waals surface area (Å²) in [5.41, 5.74) is 29.2. The highest BCUT2D eigenvalue weighted by Crippen LogP contribution is 2.38. The number of hydrogen-bond donors (Lipinski definition) is 3. The fourth-order valence-corrected chi connectivity index (χ4v) is 17.5. The van der Waals surface area contributed by atoms with Crippen molar-refractivity contribution < 1.29 is 43.4 Å². The van der Waals surface area contributed by atoms with Gasteiger partial charge in [0.05, 0.1) is 130 Å². The van der Waals surface area contributed by atoms with Gasteiger partial charge in [0.15, 0.2) is 0 Å². The van der Waals surface area contributed by atoms with E-state index in [-0.39, 0.29) is 24.4 Å². The minimum absolute atomic E-state index is 0.162. The Labute approximate surface area is 828 Å². The molecule has 716 valence electrons. The molecule has 1 saturated heterocycles. The number of morpholine rings is 1. The van der Waals surface area contributed by atoms with Crippen LogP contribution in [0.15, 0.2) is 371 Å². The van der Waals surface area contributed by atoms with E-state index in [1.54, 1.807) is 41.9 Å². The summed E-state index contributed by atoms with van der Waals surface area (Å²) in [6.07, 6.45) is 11.9. The molecule has 15 aromatic carbocycles. The zero-order chi connectivity index (χ0) is 98.7. The number of hydrogen-bond acceptors (Lipinski definition) is 15. The van der Waals surface area contributed by atoms with E-state index in [1.807, 2.05) is 256 Å². The van der Waals surface area contributed by atoms with Gasteiger partial charge in [-0.05, 0) is 355 Å². The number of aliphatic hydroxyl groups is 2. The first-order chi connectivity index (χ1) is 68.8. The van der Waals surface area contributed by atoms with Gasteiger partial charge in [-0.25, -0.2) is 24.9 Å². The Bertz CT molecular complexity index is 7850. The molecule has 0 amide bonds. The predicted octanol–water partition coefficient (Wildman–Crippen LogP) is 27.4. The summed E-state index contributed by atoms with van der Waals surface area (Å²) in [7, 11) is 3.34. The Morgan fingerprint density at radius 1 is 0.296 bits per heavy atom. The Kier molecular flexibility index (Phi) is 28.8. The molecule has 21 nitrogen and oxygen atoms in total. The molecule has 1 fully saturated rings. The van der Waals surface area contributed by atoms with E-state index >= 15 is 0 Å². The van der Waals surface area contributed by atoms with Gasteiger partial charge in [-0.2, -0.15) is 0 Å². The monoisotopic (exact) mass is 1880 g/mol. The quantitative estimate of drug-likeness (QED) is 0.0543. The second kappa shape index (κ2) is 42.6. The highest BCUT2D eigenvalue weighted by molar-refractivity contribution is 5.91. The van der Waals surface area contributed by atoms with Crippen molar-refractivity contribution in [2.75, 3.05) is 45.4 Å². The van der Waals surface area contributed by atoms with Crippen molar-refractivity contribution in [1.82, 2.24) is 52.7 Å². The van der Waals surface area contributed by atoms with E-state index < -0.39 is 11.2 Å². The van der Waals surface area contributed by atoms with Crippen LogP contribution >= 0.6 is 0 Å². The minimum Gasteiger partial charge on any atom is -0.497 e. The molecule has 0 spiro atoms. The highest BCUT2D eigenvalue weighted by Gasteiger charge is 2.22. The lowest BCUT2D eigenvalue weighted by atomic mass is 9.95. The summed E-state index contributed by atoms with van der Waals surface area (Å²) >= 11 is 0. The van der Waals surface area contributed by atoms with Crippen molar-refractivity contribution in [2.24, 2.45) is 0 Å². The summed E-state index contributed by atoms with van der Waals surface area (Å²) < 4.78 is 49.8. The first-order valence-electron chi connectivity index (χ1n) is 48.2. The van der Waals surface area contributed by atoms with Gasteiger partial charge in [-0.15, -0.1) is 0 Å². The third-order valence-corrected chi connectivity index (χ3v) is 24.7. The zero-order valence-corrected chi connectivity index (χ0v) is 82.5. The molecule has 0 unspecified atom stereocenters. The van der Waals surface area contributed by atoms with Crippen LogP contribution in [0.25, 0.3) is 150 Å². The van der Waals surface area contributed by atoms with Gasteiger partial charge < -0.3 is 53.3 Å². The van der Waals surface area contributed by atoms with Gasteiger partial charge in [0.2, 0.25) is 0 Å². The van der Waals surface area contributed by atoms with Crippen LogP contribution in [-0.2, 0) is 15.9 Å². The number of para-hydroxylation sites is 2. The maximum atomic E-state index is 10.2. The lowest BCUT2D eigenvalue weighted by Gasteiger charge is -2.28. The molecule has 1 aliphatic rings. The molecule has 21 heteroatoms. The van der Waals surface area contributed by atoms with Crippen LogP contribution in [0.1, 0.15) is 94.2 Å². The third kappa shape index (κ3) is 22.5. The molecular weight excluding hydrogens is 1770 g/mol. The lowest BCUT2D eigenvalue weighted by Crippen LogP contribution is -2.36. The van der Waals surface area contributed by atoms with Gasteiger partial charge in [0.25, 0.3) is 0 Å². The number of benzene rings is 15. The van der Waals surface area contributed by atoms with Gasteiger partial charge in [-0.1, -0.05) is 127 Å². The van der Waals surface area contributed by atoms with Crippen LogP contribution in [0.4, 0.5) is 5.69 Å². The number of rotatable bonds is 23. The average Bonchev–Trinajstić information content (AvgIpc) is 1.64. The summed E-state index contributed by atoms with van der Waals surface area (Å²) in [6.45, 7) is 26.9. The first-order valence-corrected chi connectivity index (χ1v) is 48.2. The van der Waals surface area contributed by atoms with Crippen molar-refractivity contribution in [3.63, 3.8) is 0 Å². The van der Waals surface area contributed by atoms with Gasteiger partial charge in [0.1, 0.15) is 66.1 Å². The maximum absolute atomic E-state index is 10.2. The molecule has 21 aromatic rings. The van der Waals surface area contributed by atoms with E-state index in [0.29, 0.717) is 0 Å². The number of nitrogens with one attached hydrogen (secondary N) is 1. The fraction of sp³-hybridized carbons (Fsp3) is 0.198. The van der Waals surface area contributed by atoms with Crippen molar-refractivity contribution in [3.05, 3.63) is 383 Å². The number of methoxy groups -OCH3 is 2. The molecule has 22 rings (SSSR count). The SMILES string of the molecule is CC(C)Oc1ccc(-c2ccc3ncn(-c4ccc(OC(C)C)cc4)c3c2)cc1.CC(C)Oc1ccc(-n2cnc3ccc(-c4ccc(N5CCOCC5)cc4)cc32)cc1.CC(C)Oc1ccc(-n2cnc3ccc(-c4ccc5[nH]ccc5c4)cc32)cc1.COc1cccc(-n2cnc3ccc(-c4ccc(C(C)(C)O)cc4)cc32)c1.COc1ccccc1-n1cnc2ccc(-c3ccc(C(C)(C)O)cc3)cc21. The second-order valence-corrected chi connectivity index (χ2v) is 37.3. The molecule has 3 N–H and O–H groups in total. The smallest absolute Gasteiger partial charge is 0.142 e. The Morgan fingerprint density at radius 3 is 0.986 bits per heavy atom. The number of aromatic amines is 1. The van der Waals surface area contributed by atoms with Crippen molar-refractivity contribution in [3.8, 4) is 119 Å². The van der Waals surface area contributed by atoms with E-state index in [2.05, 4.69) is 229 Å². The van der Waals surface area contributed by atoms with Gasteiger partial charge in [-0.3, -0.25) is 22.8 Å². The summed E-state index contributed by atoms with van der Waals surface area (Å²) in [4.78, 5) is 28.4. The normalized spacial score (nSPS) is 12.2. The van der Waals surface area contributed by atoms with E-state index in [4.69, 9.17) is 33.2 Å². The largest absolute Gasteiger partial charge is 0.497 e. The van der Waals surface area contributed by atoms with E-state index in [9.17, 15) is 10.2 Å². The number of anilines is 1. The Hall–Kier alpha value is -16.3. The topological polar surface area (TPSA) is 213 Å². The maximum Gasteiger partial charge on any atom is 0.142 e. The van der Waals surface area contributed by atoms with E-state index in [0.717, 1.165) is 194 Å². The van der Waals surface area contributed by atoms with Gasteiger partial charge in [0, 0.05) is 53.6 Å². The molecule has 0 radical (unpaired) electrons. The molecule has 0 atom stereocenters. The average molecular weight is 1880 g/mol. The number of imidazole rings is 5. The first kappa shape index (κ1) is 96.0. The molecular formula is C121H118N12O9. The number of fused-ring (bicyclic) bond motifs is 6. The molecule has 6 aromatic heterocycles. The van der Waals surface area contributed by atoms with Crippen LogP contribution in [0, 0.1) is 0 Å². The van der Waals surface area contributed by atoms with Gasteiger partial charge >= 0.3 is 0 Å². The Morgan fingerprint density at radius 2 is 0.613 bits per heavy atom. The molecule has 0 bridgehead atoms. The number of H-pyrrole nitrogens is 1. The Balaban J connectivity index is 0.000000117.